The van der Waals surface area contributed by atoms with Crippen LogP contribution in [0.5, 0.6) is 0 Å². The molecule has 1 aromatic heterocycles. The van der Waals surface area contributed by atoms with E-state index in [1.807, 2.05) is 32.0 Å². The third kappa shape index (κ3) is 9.48. The van der Waals surface area contributed by atoms with Crippen molar-refractivity contribution in [2.24, 2.45) is 4.99 Å². The van der Waals surface area contributed by atoms with Gasteiger partial charge in [0.25, 0.3) is 0 Å². The molecule has 0 bridgehead atoms. The summed E-state index contributed by atoms with van der Waals surface area (Å²) in [5.74, 6) is 1.62. The molecule has 10 heteroatoms. The molecule has 2 aromatic rings. The molecule has 0 saturated heterocycles. The molecule has 0 spiro atoms. The molecule has 2 rings (SSSR count). The van der Waals surface area contributed by atoms with E-state index >= 15 is 0 Å². The van der Waals surface area contributed by atoms with Gasteiger partial charge in [-0.25, -0.2) is 0 Å². The third-order valence-electron chi connectivity index (χ3n) is 3.84. The van der Waals surface area contributed by atoms with Crippen LogP contribution in [0.15, 0.2) is 39.8 Å². The van der Waals surface area contributed by atoms with Gasteiger partial charge in [0.15, 0.2) is 11.7 Å². The fourth-order valence-corrected chi connectivity index (χ4v) is 2.30. The lowest BCUT2D eigenvalue weighted by Crippen LogP contribution is -2.36. The zero-order valence-electron chi connectivity index (χ0n) is 16.5. The van der Waals surface area contributed by atoms with Crippen molar-refractivity contribution in [1.82, 2.24) is 15.8 Å². The number of benzene rings is 1. The van der Waals surface area contributed by atoms with Gasteiger partial charge in [-0.1, -0.05) is 43.3 Å². The summed E-state index contributed by atoms with van der Waals surface area (Å²) in [5, 5.41) is 10.3. The number of aromatic nitrogens is 1. The maximum absolute atomic E-state index is 12.1. The smallest absolute Gasteiger partial charge is 0.367 e. The number of ether oxygens (including phenoxy) is 1. The first-order chi connectivity index (χ1) is 13.3. The lowest BCUT2D eigenvalue weighted by atomic mass is 10.1. The number of hydrogen-bond donors (Lipinski definition) is 2. The van der Waals surface area contributed by atoms with Crippen molar-refractivity contribution in [2.45, 2.75) is 45.6 Å². The van der Waals surface area contributed by atoms with Crippen molar-refractivity contribution in [1.29, 1.82) is 0 Å². The topological polar surface area (TPSA) is 71.7 Å². The molecule has 0 aliphatic heterocycles. The minimum atomic E-state index is -4.31. The van der Waals surface area contributed by atoms with Crippen LogP contribution in [0.4, 0.5) is 13.2 Å². The molecule has 29 heavy (non-hydrogen) atoms. The molecule has 0 aliphatic carbocycles. The number of guanidine groups is 1. The Labute approximate surface area is 185 Å². The molecule has 2 N–H and O–H groups in total. The molecule has 1 heterocycles. The molecule has 0 radical (unpaired) electrons. The Bertz CT molecular complexity index is 762. The fourth-order valence-electron chi connectivity index (χ4n) is 2.30. The van der Waals surface area contributed by atoms with Crippen LogP contribution < -0.4 is 10.6 Å². The maximum Gasteiger partial charge on any atom is 0.411 e. The van der Waals surface area contributed by atoms with Gasteiger partial charge in [-0.2, -0.15) is 13.2 Å². The minimum absolute atomic E-state index is 0. The van der Waals surface area contributed by atoms with E-state index in [2.05, 4.69) is 25.5 Å². The summed E-state index contributed by atoms with van der Waals surface area (Å²) in [6.07, 6.45) is -4.31. The Balaban J connectivity index is 0.00000420. The average molecular weight is 526 g/mol. The van der Waals surface area contributed by atoms with Crippen LogP contribution >= 0.6 is 24.0 Å². The number of alkyl halides is 3. The Morgan fingerprint density at radius 1 is 1.14 bits per heavy atom. The zero-order chi connectivity index (χ0) is 20.6. The van der Waals surface area contributed by atoms with E-state index in [0.29, 0.717) is 30.5 Å². The van der Waals surface area contributed by atoms with E-state index in [-0.39, 0.29) is 30.6 Å². The van der Waals surface area contributed by atoms with Gasteiger partial charge < -0.3 is 19.9 Å². The van der Waals surface area contributed by atoms with Crippen molar-refractivity contribution < 1.29 is 22.4 Å². The van der Waals surface area contributed by atoms with E-state index in [1.165, 1.54) is 0 Å². The van der Waals surface area contributed by atoms with Crippen molar-refractivity contribution in [3.63, 3.8) is 0 Å². The molecule has 162 valence electrons. The fraction of sp³-hybridized carbons (Fsp3) is 0.474. The molecule has 0 atom stereocenters. The lowest BCUT2D eigenvalue weighted by Gasteiger charge is -2.11. The predicted molar refractivity (Wildman–Crippen MR) is 115 cm³/mol. The van der Waals surface area contributed by atoms with Crippen LogP contribution in [-0.2, 0) is 24.4 Å². The van der Waals surface area contributed by atoms with E-state index < -0.39 is 12.8 Å². The highest BCUT2D eigenvalue weighted by molar-refractivity contribution is 14.0. The quantitative estimate of drug-likeness (QED) is 0.304. The normalized spacial score (nSPS) is 12.0. The van der Waals surface area contributed by atoms with Crippen LogP contribution in [0.1, 0.15) is 42.3 Å². The summed E-state index contributed by atoms with van der Waals surface area (Å²) in [7, 11) is 1.66. The van der Waals surface area contributed by atoms with Crippen LogP contribution in [0.25, 0.3) is 0 Å². The molecular weight excluding hydrogens is 500 g/mol. The average Bonchev–Trinajstić information content (AvgIpc) is 3.11. The molecule has 0 saturated carbocycles. The number of nitrogens with zero attached hydrogens (tertiary/aromatic N) is 2. The second-order valence-corrected chi connectivity index (χ2v) is 6.58. The van der Waals surface area contributed by atoms with Gasteiger partial charge in [-0.3, -0.25) is 4.99 Å². The molecular formula is C19H26F3IN4O2. The predicted octanol–water partition coefficient (Wildman–Crippen LogP) is 4.36. The third-order valence-corrected chi connectivity index (χ3v) is 3.84. The van der Waals surface area contributed by atoms with Gasteiger partial charge in [0.2, 0.25) is 0 Å². The van der Waals surface area contributed by atoms with E-state index in [4.69, 9.17) is 4.52 Å². The Hall–Kier alpha value is -1.82. The highest BCUT2D eigenvalue weighted by atomic mass is 127. The summed E-state index contributed by atoms with van der Waals surface area (Å²) in [6.45, 7) is 3.73. The van der Waals surface area contributed by atoms with Crippen molar-refractivity contribution in [3.8, 4) is 0 Å². The standard InChI is InChI=1S/C19H25F3N4O2.HI/c1-13(2)17-8-16(28-26-17)10-25-18(23-3)24-9-14-4-6-15(7-5-14)11-27-12-19(20,21)22;/h4-8,13H,9-12H2,1-3H3,(H2,23,24,25);1H. The van der Waals surface area contributed by atoms with Crippen LogP contribution in [0.3, 0.4) is 0 Å². The molecule has 0 unspecified atom stereocenters. The first-order valence-corrected chi connectivity index (χ1v) is 8.89. The Morgan fingerprint density at radius 3 is 2.31 bits per heavy atom. The summed E-state index contributed by atoms with van der Waals surface area (Å²) < 4.78 is 46.2. The van der Waals surface area contributed by atoms with Gasteiger partial charge >= 0.3 is 6.18 Å². The zero-order valence-corrected chi connectivity index (χ0v) is 18.9. The van der Waals surface area contributed by atoms with Gasteiger partial charge in [0.05, 0.1) is 18.8 Å². The molecule has 0 amide bonds. The van der Waals surface area contributed by atoms with E-state index in [0.717, 1.165) is 17.0 Å². The van der Waals surface area contributed by atoms with Gasteiger partial charge in [-0.05, 0) is 17.0 Å². The van der Waals surface area contributed by atoms with Gasteiger partial charge in [0, 0.05) is 19.7 Å². The second kappa shape index (κ2) is 12.0. The van der Waals surface area contributed by atoms with E-state index in [1.54, 1.807) is 19.2 Å². The highest BCUT2D eigenvalue weighted by Gasteiger charge is 2.27. The van der Waals surface area contributed by atoms with E-state index in [9.17, 15) is 13.2 Å². The van der Waals surface area contributed by atoms with Crippen LogP contribution in [0, 0.1) is 0 Å². The number of hydrogen-bond acceptors (Lipinski definition) is 4. The Kier molecular flexibility index (Phi) is 10.4. The molecule has 6 nitrogen and oxygen atoms in total. The first-order valence-electron chi connectivity index (χ1n) is 8.89. The van der Waals surface area contributed by atoms with Gasteiger partial charge in [-0.15, -0.1) is 24.0 Å². The Morgan fingerprint density at radius 2 is 1.76 bits per heavy atom. The van der Waals surface area contributed by atoms with Crippen molar-refractivity contribution in [3.05, 3.63) is 52.9 Å². The van der Waals surface area contributed by atoms with Gasteiger partial charge in [0.1, 0.15) is 6.61 Å². The molecule has 0 fully saturated rings. The summed E-state index contributed by atoms with van der Waals surface area (Å²) >= 11 is 0. The largest absolute Gasteiger partial charge is 0.411 e. The van der Waals surface area contributed by atoms with Crippen molar-refractivity contribution in [2.75, 3.05) is 13.7 Å². The van der Waals surface area contributed by atoms with Crippen molar-refractivity contribution >= 4 is 29.9 Å². The number of halogens is 4. The SMILES string of the molecule is CN=C(NCc1ccc(COCC(F)(F)F)cc1)NCc1cc(C(C)C)no1.I. The molecule has 1 aromatic carbocycles. The number of aliphatic imine (C=N–C) groups is 1. The maximum atomic E-state index is 12.1. The summed E-state index contributed by atoms with van der Waals surface area (Å²) in [4.78, 5) is 4.15. The minimum Gasteiger partial charge on any atom is -0.367 e. The highest BCUT2D eigenvalue weighted by Crippen LogP contribution is 2.16. The first kappa shape index (κ1) is 25.2. The lowest BCUT2D eigenvalue weighted by molar-refractivity contribution is -0.176. The number of nitrogens with one attached hydrogen (secondary N) is 2. The van der Waals surface area contributed by atoms with Crippen LogP contribution in [-0.4, -0.2) is 30.9 Å². The van der Waals surface area contributed by atoms with Crippen LogP contribution in [0.2, 0.25) is 0 Å². The summed E-state index contributed by atoms with van der Waals surface area (Å²) in [6, 6.07) is 9.05. The second-order valence-electron chi connectivity index (χ2n) is 6.58. The molecule has 0 aliphatic rings. The number of rotatable bonds is 8. The summed E-state index contributed by atoms with van der Waals surface area (Å²) in [5.41, 5.74) is 2.55. The monoisotopic (exact) mass is 526 g/mol.